The van der Waals surface area contributed by atoms with Crippen molar-refractivity contribution < 1.29 is 24.4 Å². The van der Waals surface area contributed by atoms with E-state index in [4.69, 9.17) is 0 Å². The number of carboxylic acid groups (broad SMARTS) is 2. The Morgan fingerprint density at radius 3 is 2.37 bits per heavy atom. The third-order valence-corrected chi connectivity index (χ3v) is 8.59. The number of hydrogen-bond acceptors (Lipinski definition) is 4. The van der Waals surface area contributed by atoms with Crippen molar-refractivity contribution >= 4 is 28.9 Å². The minimum atomic E-state index is -1.32. The minimum absolute atomic E-state index is 0.0344. The van der Waals surface area contributed by atoms with Crippen molar-refractivity contribution in [3.8, 4) is 0 Å². The Morgan fingerprint density at radius 2 is 1.68 bits per heavy atom. The summed E-state index contributed by atoms with van der Waals surface area (Å²) in [5.41, 5.74) is 7.35. The number of carboxylic acids is 2. The Balaban J connectivity index is 1.65. The first-order valence-corrected chi connectivity index (χ1v) is 13.5. The van der Waals surface area contributed by atoms with Gasteiger partial charge in [0.05, 0.1) is 11.5 Å². The van der Waals surface area contributed by atoms with Crippen molar-refractivity contribution in [2.45, 2.75) is 44.9 Å². The number of fused-ring (bicyclic) bond motifs is 2. The maximum Gasteiger partial charge on any atom is 0.336 e. The third kappa shape index (κ3) is 3.90. The zero-order chi connectivity index (χ0) is 26.6. The zero-order valence-corrected chi connectivity index (χ0v) is 21.9. The summed E-state index contributed by atoms with van der Waals surface area (Å²) in [6, 6.07) is 10.6. The molecular formula is C32H32N2O4. The van der Waals surface area contributed by atoms with Crippen molar-refractivity contribution in [2.24, 2.45) is 0 Å². The summed E-state index contributed by atoms with van der Waals surface area (Å²) in [7, 11) is 0. The molecule has 0 saturated carbocycles. The lowest BCUT2D eigenvalue weighted by atomic mass is 9.64. The molecule has 2 aliphatic carbocycles. The molecule has 6 nitrogen and oxygen atoms in total. The molecule has 2 aliphatic heterocycles. The second kappa shape index (κ2) is 9.12. The van der Waals surface area contributed by atoms with Gasteiger partial charge in [-0.1, -0.05) is 26.0 Å². The number of aromatic carboxylic acids is 2. The molecule has 0 unspecified atom stereocenters. The smallest absolute Gasteiger partial charge is 0.336 e. The Morgan fingerprint density at radius 1 is 0.947 bits per heavy atom. The Kier molecular flexibility index (Phi) is 5.86. The fourth-order valence-corrected chi connectivity index (χ4v) is 6.52. The Hall–Kier alpha value is -3.93. The molecule has 0 radical (unpaired) electrons. The minimum Gasteiger partial charge on any atom is -0.545 e. The lowest BCUT2D eigenvalue weighted by molar-refractivity contribution is -0.504. The number of carbonyl (C=O) groups excluding carboxylic acids is 1. The monoisotopic (exact) mass is 508 g/mol. The Labute approximate surface area is 222 Å². The molecule has 0 spiro atoms. The standard InChI is InChI=1S/C32H32N2O4/c1-32(2)27-18-21(33-13-3-4-14-33)8-11-24(27)29(26-17-20(30(35)36)7-10-23(26)31(37)38)25-12-9-22(19-28(25)32)34-15-5-6-16-34/h7-12,17-19H,3-6,13-16H2,1-2H3,(H-,35,36,37,38). The van der Waals surface area contributed by atoms with Gasteiger partial charge >= 0.3 is 5.97 Å². The van der Waals surface area contributed by atoms with Crippen LogP contribution in [0.25, 0.3) is 5.57 Å². The number of benzene rings is 2. The van der Waals surface area contributed by atoms with Gasteiger partial charge in [-0.25, -0.2) is 9.37 Å². The molecule has 2 aromatic rings. The van der Waals surface area contributed by atoms with Crippen LogP contribution in [0, 0.1) is 0 Å². The van der Waals surface area contributed by atoms with Gasteiger partial charge in [-0.2, -0.15) is 0 Å². The maximum absolute atomic E-state index is 12.4. The van der Waals surface area contributed by atoms with Crippen molar-refractivity contribution in [3.63, 3.8) is 0 Å². The molecule has 6 heteroatoms. The quantitative estimate of drug-likeness (QED) is 0.627. The van der Waals surface area contributed by atoms with Crippen LogP contribution in [-0.4, -0.2) is 53.5 Å². The van der Waals surface area contributed by atoms with Gasteiger partial charge in [0.25, 0.3) is 0 Å². The molecule has 0 aromatic heterocycles. The van der Waals surface area contributed by atoms with E-state index in [1.165, 1.54) is 55.3 Å². The molecule has 38 heavy (non-hydrogen) atoms. The maximum atomic E-state index is 12.4. The second-order valence-electron chi connectivity index (χ2n) is 11.2. The van der Waals surface area contributed by atoms with Crippen LogP contribution in [0.3, 0.4) is 0 Å². The summed E-state index contributed by atoms with van der Waals surface area (Å²) < 4.78 is 2.41. The van der Waals surface area contributed by atoms with Crippen LogP contribution >= 0.6 is 0 Å². The van der Waals surface area contributed by atoms with Crippen LogP contribution in [0.15, 0.2) is 65.8 Å². The first-order valence-electron chi connectivity index (χ1n) is 13.5. The largest absolute Gasteiger partial charge is 0.545 e. The normalized spacial score (nSPS) is 19.9. The molecule has 6 rings (SSSR count). The highest BCUT2D eigenvalue weighted by atomic mass is 16.4. The van der Waals surface area contributed by atoms with Gasteiger partial charge in [0, 0.05) is 49.2 Å². The van der Waals surface area contributed by atoms with E-state index in [0.29, 0.717) is 5.56 Å². The fourth-order valence-electron chi connectivity index (χ4n) is 6.52. The van der Waals surface area contributed by atoms with Crippen LogP contribution in [0.1, 0.15) is 76.9 Å². The predicted molar refractivity (Wildman–Crippen MR) is 146 cm³/mol. The molecule has 0 atom stereocenters. The third-order valence-electron chi connectivity index (χ3n) is 8.59. The van der Waals surface area contributed by atoms with Crippen LogP contribution < -0.4 is 10.0 Å². The summed E-state index contributed by atoms with van der Waals surface area (Å²) in [6.07, 6.45) is 11.2. The van der Waals surface area contributed by atoms with Crippen molar-refractivity contribution in [3.05, 3.63) is 93.6 Å². The summed E-state index contributed by atoms with van der Waals surface area (Å²) in [4.78, 5) is 26.6. The predicted octanol–water partition coefficient (Wildman–Crippen LogP) is 4.19. The Bertz CT molecular complexity index is 1490. The number of carbonyl (C=O) groups is 2. The van der Waals surface area contributed by atoms with Crippen molar-refractivity contribution in [1.29, 1.82) is 0 Å². The first-order chi connectivity index (χ1) is 18.3. The first kappa shape index (κ1) is 24.4. The molecule has 1 N–H and O–H groups in total. The molecule has 0 amide bonds. The summed E-state index contributed by atoms with van der Waals surface area (Å²) >= 11 is 0. The van der Waals surface area contributed by atoms with E-state index in [0.717, 1.165) is 54.0 Å². The van der Waals surface area contributed by atoms with Gasteiger partial charge < -0.3 is 19.9 Å². The van der Waals surface area contributed by atoms with E-state index in [2.05, 4.69) is 59.8 Å². The van der Waals surface area contributed by atoms with Crippen molar-refractivity contribution in [1.82, 2.24) is 0 Å². The number of rotatable bonds is 4. The number of hydrogen-bond donors (Lipinski definition) is 1. The highest BCUT2D eigenvalue weighted by molar-refractivity contribution is 6.08. The van der Waals surface area contributed by atoms with Crippen LogP contribution in [0.2, 0.25) is 0 Å². The molecular weight excluding hydrogens is 476 g/mol. The molecule has 2 saturated heterocycles. The molecule has 2 aromatic carbocycles. The van der Waals surface area contributed by atoms with E-state index in [9.17, 15) is 19.8 Å². The lowest BCUT2D eigenvalue weighted by Gasteiger charge is -2.40. The van der Waals surface area contributed by atoms with Crippen LogP contribution in [0.5, 0.6) is 0 Å². The zero-order valence-electron chi connectivity index (χ0n) is 21.9. The van der Waals surface area contributed by atoms with Gasteiger partial charge in [-0.3, -0.25) is 0 Å². The van der Waals surface area contributed by atoms with Crippen LogP contribution in [-0.2, 0) is 5.41 Å². The average Bonchev–Trinajstić information content (AvgIpc) is 3.63. The molecule has 0 bridgehead atoms. The van der Waals surface area contributed by atoms with Gasteiger partial charge in [-0.15, -0.1) is 0 Å². The second-order valence-corrected chi connectivity index (χ2v) is 11.2. The fraction of sp³-hybridized carbons (Fsp3) is 0.344. The number of allylic oxidation sites excluding steroid dienone is 5. The summed E-state index contributed by atoms with van der Waals surface area (Å²) in [5.74, 6) is -2.41. The number of anilines is 1. The van der Waals surface area contributed by atoms with Gasteiger partial charge in [0.2, 0.25) is 0 Å². The molecule has 4 aliphatic rings. The van der Waals surface area contributed by atoms with Gasteiger partial charge in [0.1, 0.15) is 13.1 Å². The summed E-state index contributed by atoms with van der Waals surface area (Å²) in [5, 5.41) is 21.9. The van der Waals surface area contributed by atoms with Crippen molar-refractivity contribution in [2.75, 3.05) is 31.1 Å². The lowest BCUT2D eigenvalue weighted by Crippen LogP contribution is -2.31. The topological polar surface area (TPSA) is 83.7 Å². The van der Waals surface area contributed by atoms with E-state index in [-0.39, 0.29) is 16.5 Å². The van der Waals surface area contributed by atoms with Gasteiger partial charge in [-0.05, 0) is 82.2 Å². The van der Waals surface area contributed by atoms with Gasteiger partial charge in [0.15, 0.2) is 5.71 Å². The highest BCUT2D eigenvalue weighted by Gasteiger charge is 2.40. The number of nitrogens with zero attached hydrogens (tertiary/aromatic N) is 2. The van der Waals surface area contributed by atoms with E-state index >= 15 is 0 Å². The summed E-state index contributed by atoms with van der Waals surface area (Å²) in [6.45, 7) is 8.59. The SMILES string of the molecule is CC1(C)C2=CC(=[N+]3CCCC3)C=CC2=C(c2cc(C(=O)[O-])ccc2C(=O)O)c2ccc(N3CCCC3)cc21. The average molecular weight is 509 g/mol. The highest BCUT2D eigenvalue weighted by Crippen LogP contribution is 2.51. The van der Waals surface area contributed by atoms with E-state index < -0.39 is 11.9 Å². The molecule has 194 valence electrons. The molecule has 2 fully saturated rings. The van der Waals surface area contributed by atoms with Crippen LogP contribution in [0.4, 0.5) is 5.69 Å². The molecule has 2 heterocycles. The van der Waals surface area contributed by atoms with E-state index in [1.807, 2.05) is 0 Å². The van der Waals surface area contributed by atoms with E-state index in [1.54, 1.807) is 0 Å².